The third kappa shape index (κ3) is 3.56. The zero-order valence-electron chi connectivity index (χ0n) is 14.5. The molecule has 2 aromatic heterocycles. The Morgan fingerprint density at radius 2 is 1.88 bits per heavy atom. The Bertz CT molecular complexity index is 971. The van der Waals surface area contributed by atoms with Gasteiger partial charge in [-0.2, -0.15) is 0 Å². The second-order valence-corrected chi connectivity index (χ2v) is 6.44. The van der Waals surface area contributed by atoms with Crippen molar-refractivity contribution in [2.24, 2.45) is 0 Å². The Morgan fingerprint density at radius 1 is 1.19 bits per heavy atom. The van der Waals surface area contributed by atoms with Crippen LogP contribution in [0, 0.1) is 4.77 Å². The first-order chi connectivity index (χ1) is 12.4. The number of nitrogens with zero attached hydrogens (tertiary/aromatic N) is 3. The van der Waals surface area contributed by atoms with Crippen LogP contribution in [0.5, 0.6) is 0 Å². The van der Waals surface area contributed by atoms with Gasteiger partial charge in [-0.25, -0.2) is 4.57 Å². The van der Waals surface area contributed by atoms with Crippen LogP contribution in [0.2, 0.25) is 0 Å². The molecule has 2 aromatic rings. The van der Waals surface area contributed by atoms with Crippen LogP contribution in [-0.2, 0) is 43.8 Å². The molecule has 0 unspecified atom stereocenters. The van der Waals surface area contributed by atoms with E-state index in [-0.39, 0.29) is 24.3 Å². The third-order valence-corrected chi connectivity index (χ3v) is 4.36. The molecule has 1 aliphatic rings. The summed E-state index contributed by atoms with van der Waals surface area (Å²) in [6.45, 7) is 4.13. The van der Waals surface area contributed by atoms with Gasteiger partial charge in [0.25, 0.3) is 5.56 Å². The van der Waals surface area contributed by atoms with Crippen LogP contribution >= 0.6 is 12.2 Å². The average molecular weight is 381 g/mol. The molecule has 0 amide bonds. The Morgan fingerprint density at radius 3 is 2.58 bits per heavy atom. The SMILES string of the molecule is CC(C)OCCn1c(=S)n2c(=O)c3c1ccn3COC(=O)CC(=O)OC2. The predicted molar refractivity (Wildman–Crippen MR) is 92.9 cm³/mol. The number of carbonyl (C=O) groups excluding carboxylic acids is 2. The summed E-state index contributed by atoms with van der Waals surface area (Å²) < 4.78 is 20.3. The molecule has 140 valence electrons. The Labute approximate surface area is 153 Å². The van der Waals surface area contributed by atoms with Gasteiger partial charge < -0.3 is 23.3 Å². The molecule has 0 spiro atoms. The number of aromatic nitrogens is 3. The van der Waals surface area contributed by atoms with E-state index in [9.17, 15) is 14.4 Å². The topological polar surface area (TPSA) is 93.7 Å². The van der Waals surface area contributed by atoms with Gasteiger partial charge >= 0.3 is 11.9 Å². The number of rotatable bonds is 4. The molecule has 10 heteroatoms. The van der Waals surface area contributed by atoms with E-state index < -0.39 is 23.9 Å². The Hall–Kier alpha value is -2.46. The van der Waals surface area contributed by atoms with E-state index in [1.165, 1.54) is 9.13 Å². The van der Waals surface area contributed by atoms with Crippen LogP contribution in [0.3, 0.4) is 0 Å². The molecule has 3 heterocycles. The maximum absolute atomic E-state index is 12.9. The minimum Gasteiger partial charge on any atom is -0.443 e. The quantitative estimate of drug-likeness (QED) is 0.446. The molecule has 0 aromatic carbocycles. The molecule has 0 atom stereocenters. The lowest BCUT2D eigenvalue weighted by Crippen LogP contribution is -2.29. The normalized spacial score (nSPS) is 15.2. The van der Waals surface area contributed by atoms with E-state index >= 15 is 0 Å². The van der Waals surface area contributed by atoms with Crippen molar-refractivity contribution in [1.82, 2.24) is 13.7 Å². The molecular formula is C16H19N3O6S. The summed E-state index contributed by atoms with van der Waals surface area (Å²) in [7, 11) is 0. The fourth-order valence-electron chi connectivity index (χ4n) is 2.69. The lowest BCUT2D eigenvalue weighted by Gasteiger charge is -2.15. The van der Waals surface area contributed by atoms with E-state index in [4.69, 9.17) is 26.4 Å². The van der Waals surface area contributed by atoms with E-state index in [0.29, 0.717) is 24.2 Å². The molecule has 0 aliphatic carbocycles. The van der Waals surface area contributed by atoms with E-state index in [1.807, 2.05) is 13.8 Å². The molecule has 3 rings (SSSR count). The highest BCUT2D eigenvalue weighted by atomic mass is 32.1. The first-order valence-electron chi connectivity index (χ1n) is 8.14. The molecule has 9 nitrogen and oxygen atoms in total. The highest BCUT2D eigenvalue weighted by molar-refractivity contribution is 7.71. The highest BCUT2D eigenvalue weighted by Crippen LogP contribution is 2.15. The second-order valence-electron chi connectivity index (χ2n) is 6.07. The van der Waals surface area contributed by atoms with Crippen molar-refractivity contribution >= 4 is 35.2 Å². The molecule has 1 aliphatic heterocycles. The lowest BCUT2D eigenvalue weighted by molar-refractivity contribution is -0.158. The smallest absolute Gasteiger partial charge is 0.318 e. The van der Waals surface area contributed by atoms with E-state index in [1.54, 1.807) is 16.8 Å². The fraction of sp³-hybridized carbons (Fsp3) is 0.500. The standard InChI is InChI=1S/C16H19N3O6S/c1-10(2)23-6-5-18-11-3-4-17-8-24-12(20)7-13(21)25-9-19(16(18)26)15(22)14(11)17/h3-4,10H,5-9H2,1-2H3. The molecular weight excluding hydrogens is 362 g/mol. The van der Waals surface area contributed by atoms with Gasteiger partial charge in [0.15, 0.2) is 18.2 Å². The van der Waals surface area contributed by atoms with Crippen molar-refractivity contribution in [3.05, 3.63) is 27.4 Å². The van der Waals surface area contributed by atoms with Gasteiger partial charge in [0.05, 0.1) is 18.2 Å². The summed E-state index contributed by atoms with van der Waals surface area (Å²) in [5.74, 6) is -1.50. The number of fused-ring (bicyclic) bond motifs is 1. The lowest BCUT2D eigenvalue weighted by atomic mass is 10.4. The number of ether oxygens (including phenoxy) is 3. The number of cyclic esters (lactones) is 2. The first kappa shape index (κ1) is 18.3. The van der Waals surface area contributed by atoms with Gasteiger partial charge in [0, 0.05) is 12.7 Å². The van der Waals surface area contributed by atoms with Crippen LogP contribution < -0.4 is 5.56 Å². The summed E-state index contributed by atoms with van der Waals surface area (Å²) >= 11 is 5.43. The predicted octanol–water partition coefficient (Wildman–Crippen LogP) is 1.16. The van der Waals surface area contributed by atoms with Gasteiger partial charge in [0.1, 0.15) is 11.9 Å². The minimum absolute atomic E-state index is 0.0599. The van der Waals surface area contributed by atoms with Crippen molar-refractivity contribution in [3.8, 4) is 0 Å². The van der Waals surface area contributed by atoms with Crippen molar-refractivity contribution in [1.29, 1.82) is 0 Å². The largest absolute Gasteiger partial charge is 0.443 e. The van der Waals surface area contributed by atoms with Crippen molar-refractivity contribution in [2.45, 2.75) is 46.4 Å². The molecule has 0 saturated carbocycles. The fourth-order valence-corrected chi connectivity index (χ4v) is 3.02. The Kier molecular flexibility index (Phi) is 5.23. The number of hydrogen-bond donors (Lipinski definition) is 0. The zero-order chi connectivity index (χ0) is 18.8. The van der Waals surface area contributed by atoms with Crippen molar-refractivity contribution < 1.29 is 23.8 Å². The molecule has 26 heavy (non-hydrogen) atoms. The zero-order valence-corrected chi connectivity index (χ0v) is 15.3. The summed E-state index contributed by atoms with van der Waals surface area (Å²) in [6.07, 6.45) is 1.17. The maximum Gasteiger partial charge on any atom is 0.318 e. The number of hydrogen-bond acceptors (Lipinski definition) is 7. The van der Waals surface area contributed by atoms with Gasteiger partial charge in [-0.3, -0.25) is 14.4 Å². The van der Waals surface area contributed by atoms with Crippen molar-refractivity contribution in [3.63, 3.8) is 0 Å². The van der Waals surface area contributed by atoms with Gasteiger partial charge in [-0.1, -0.05) is 0 Å². The first-order valence-corrected chi connectivity index (χ1v) is 8.54. The maximum atomic E-state index is 12.9. The molecule has 0 radical (unpaired) electrons. The Balaban J connectivity index is 2.13. The minimum atomic E-state index is -0.780. The van der Waals surface area contributed by atoms with Crippen molar-refractivity contribution in [2.75, 3.05) is 6.61 Å². The number of esters is 2. The third-order valence-electron chi connectivity index (χ3n) is 3.92. The van der Waals surface area contributed by atoms with Gasteiger partial charge in [-0.15, -0.1) is 0 Å². The van der Waals surface area contributed by atoms with Gasteiger partial charge in [0.2, 0.25) is 0 Å². The summed E-state index contributed by atoms with van der Waals surface area (Å²) in [4.78, 5) is 36.2. The van der Waals surface area contributed by atoms with Crippen LogP contribution in [0.1, 0.15) is 20.3 Å². The molecule has 0 saturated heterocycles. The summed E-state index contributed by atoms with van der Waals surface area (Å²) in [5, 5.41) is 0. The molecule has 0 fully saturated rings. The van der Waals surface area contributed by atoms with Crippen LogP contribution in [0.25, 0.3) is 11.0 Å². The summed E-state index contributed by atoms with van der Waals surface area (Å²) in [5.41, 5.74) is 0.501. The van der Waals surface area contributed by atoms with Crippen LogP contribution in [-0.4, -0.2) is 38.4 Å². The summed E-state index contributed by atoms with van der Waals surface area (Å²) in [6, 6.07) is 1.73. The average Bonchev–Trinajstić information content (AvgIpc) is 2.98. The molecule has 0 N–H and O–H groups in total. The van der Waals surface area contributed by atoms with Gasteiger partial charge in [-0.05, 0) is 32.1 Å². The van der Waals surface area contributed by atoms with Crippen LogP contribution in [0.4, 0.5) is 0 Å². The monoisotopic (exact) mass is 381 g/mol. The highest BCUT2D eigenvalue weighted by Gasteiger charge is 2.20. The van der Waals surface area contributed by atoms with E-state index in [0.717, 1.165) is 0 Å². The van der Waals surface area contributed by atoms with E-state index in [2.05, 4.69) is 0 Å². The number of carbonyl (C=O) groups is 2. The second kappa shape index (κ2) is 7.42. The molecule has 2 bridgehead atoms. The van der Waals surface area contributed by atoms with Crippen LogP contribution in [0.15, 0.2) is 17.1 Å².